The van der Waals surface area contributed by atoms with Gasteiger partial charge in [0.1, 0.15) is 28.9 Å². The number of halogens is 2. The van der Waals surface area contributed by atoms with Gasteiger partial charge in [-0.2, -0.15) is 9.97 Å². The van der Waals surface area contributed by atoms with Crippen LogP contribution in [-0.4, -0.2) is 104 Å². The first-order chi connectivity index (χ1) is 31.7. The van der Waals surface area contributed by atoms with E-state index in [1.54, 1.807) is 49.0 Å². The molecular formula is C50H51F2N9O5. The lowest BCUT2D eigenvalue weighted by molar-refractivity contribution is -0.135. The molecule has 340 valence electrons. The first kappa shape index (κ1) is 42.2. The molecule has 16 heteroatoms. The molecule has 66 heavy (non-hydrogen) atoms. The van der Waals surface area contributed by atoms with E-state index in [-0.39, 0.29) is 51.6 Å². The van der Waals surface area contributed by atoms with Gasteiger partial charge in [0.15, 0.2) is 5.82 Å². The maximum Gasteiger partial charge on any atom is 0.329 e. The lowest BCUT2D eigenvalue weighted by Gasteiger charge is -2.55. The van der Waals surface area contributed by atoms with Crippen molar-refractivity contribution in [2.24, 2.45) is 17.9 Å². The van der Waals surface area contributed by atoms with Crippen LogP contribution >= 0.6 is 0 Å². The zero-order valence-electron chi connectivity index (χ0n) is 37.1. The molecule has 0 bridgehead atoms. The molecule has 11 rings (SSSR count). The normalized spacial score (nSPS) is 22.8. The first-order valence-electron chi connectivity index (χ1n) is 22.9. The molecule has 4 aliphatic heterocycles. The molecule has 2 atom stereocenters. The number of aromatic nitrogens is 5. The van der Waals surface area contributed by atoms with E-state index in [9.17, 15) is 23.9 Å². The SMILES string of the molecule is C#Cc1c(F)ccc2cccc(-c3ncc4c(N5CCC[C@@](C)(O)C5)nc(OCC5(CN6CCC7(CC6)CN(c6ccc8c(c6)n(C)c(=O)n8C6CCC(=O)NC6=O)C7)CC5)nc4c3F)c12. The van der Waals surface area contributed by atoms with Gasteiger partial charge in [-0.3, -0.25) is 29.0 Å². The summed E-state index contributed by atoms with van der Waals surface area (Å²) in [4.78, 5) is 58.7. The van der Waals surface area contributed by atoms with Crippen molar-refractivity contribution >= 4 is 56.0 Å². The standard InChI is InChI=1S/C50H51F2N9O5/c1-4-32-35(51)11-9-30-7-5-8-33(40(30)32)42-41(52)43-34(24-53-42)44(59-20-6-15-48(2,65)25-59)56-46(55-43)66-29-50(16-17-50)26-58-21-18-49(19-22-58)27-60(28-49)31-10-12-36-38(23-31)57(3)47(64)61(36)37-13-14-39(62)54-45(37)63/h1,5,7-12,23-24,37,65H,6,13-22,25-29H2,2-3H3,(H,54,62,63)/t37?,48-/m1/s1. The number of anilines is 2. The van der Waals surface area contributed by atoms with E-state index < -0.39 is 29.2 Å². The third kappa shape index (κ3) is 7.23. The Morgan fingerprint density at radius 3 is 2.50 bits per heavy atom. The molecule has 3 aromatic carbocycles. The summed E-state index contributed by atoms with van der Waals surface area (Å²) >= 11 is 0. The second kappa shape index (κ2) is 15.6. The summed E-state index contributed by atoms with van der Waals surface area (Å²) in [5, 5.41) is 14.9. The Morgan fingerprint density at radius 2 is 1.76 bits per heavy atom. The number of terminal acetylenes is 1. The van der Waals surface area contributed by atoms with Crippen LogP contribution in [0.1, 0.15) is 69.9 Å². The van der Waals surface area contributed by atoms with Crippen LogP contribution in [0, 0.1) is 34.8 Å². The molecule has 6 aromatic rings. The number of aryl methyl sites for hydroxylation is 1. The fraction of sp³-hybridized carbons (Fsp3) is 0.440. The van der Waals surface area contributed by atoms with E-state index in [1.807, 2.05) is 23.1 Å². The van der Waals surface area contributed by atoms with E-state index in [0.717, 1.165) is 76.0 Å². The number of benzene rings is 3. The topological polar surface area (TPSA) is 151 Å². The highest BCUT2D eigenvalue weighted by molar-refractivity contribution is 6.02. The molecule has 1 unspecified atom stereocenters. The highest BCUT2D eigenvalue weighted by Gasteiger charge is 2.49. The fourth-order valence-corrected chi connectivity index (χ4v) is 11.1. The predicted molar refractivity (Wildman–Crippen MR) is 246 cm³/mol. The highest BCUT2D eigenvalue weighted by Crippen LogP contribution is 2.49. The van der Waals surface area contributed by atoms with Gasteiger partial charge in [-0.15, -0.1) is 6.42 Å². The van der Waals surface area contributed by atoms with Crippen LogP contribution in [0.4, 0.5) is 20.3 Å². The van der Waals surface area contributed by atoms with Gasteiger partial charge in [-0.25, -0.2) is 13.6 Å². The van der Waals surface area contributed by atoms with Crippen LogP contribution in [-0.2, 0) is 16.6 Å². The second-order valence-corrected chi connectivity index (χ2v) is 19.8. The number of hydrogen-bond donors (Lipinski definition) is 2. The van der Waals surface area contributed by atoms with Crippen molar-refractivity contribution in [2.45, 2.75) is 69.9 Å². The molecule has 2 amide bonds. The Hall–Kier alpha value is -6.44. The number of aliphatic hydroxyl groups is 1. The van der Waals surface area contributed by atoms with Crippen molar-refractivity contribution in [2.75, 3.05) is 62.2 Å². The number of amides is 2. The Balaban J connectivity index is 0.786. The van der Waals surface area contributed by atoms with Crippen molar-refractivity contribution in [3.05, 3.63) is 82.4 Å². The minimum Gasteiger partial charge on any atom is -0.463 e. The number of piperidine rings is 3. The number of nitrogens with one attached hydrogen (secondary N) is 1. The number of carbonyl (C=O) groups excluding carboxylic acids is 2. The largest absolute Gasteiger partial charge is 0.463 e. The average molecular weight is 896 g/mol. The third-order valence-electron chi connectivity index (χ3n) is 15.0. The van der Waals surface area contributed by atoms with Crippen molar-refractivity contribution in [1.82, 2.24) is 34.3 Å². The van der Waals surface area contributed by atoms with Crippen molar-refractivity contribution in [3.63, 3.8) is 0 Å². The molecule has 1 spiro atoms. The number of carbonyl (C=O) groups is 2. The van der Waals surface area contributed by atoms with Gasteiger partial charge < -0.3 is 24.5 Å². The number of imide groups is 1. The second-order valence-electron chi connectivity index (χ2n) is 19.8. The van der Waals surface area contributed by atoms with Crippen LogP contribution < -0.4 is 25.5 Å². The number of rotatable bonds is 9. The maximum absolute atomic E-state index is 17.0. The average Bonchev–Trinajstić information content (AvgIpc) is 4.02. The Morgan fingerprint density at radius 1 is 0.955 bits per heavy atom. The molecule has 5 aliphatic rings. The van der Waals surface area contributed by atoms with Gasteiger partial charge >= 0.3 is 11.7 Å². The number of hydrogen-bond acceptors (Lipinski definition) is 11. The smallest absolute Gasteiger partial charge is 0.329 e. The minimum atomic E-state index is -0.965. The molecule has 14 nitrogen and oxygen atoms in total. The lowest BCUT2D eigenvalue weighted by Crippen LogP contribution is -2.60. The number of pyridine rings is 1. The van der Waals surface area contributed by atoms with Gasteiger partial charge in [0, 0.05) is 79.9 Å². The van der Waals surface area contributed by atoms with Crippen LogP contribution in [0.15, 0.2) is 59.5 Å². The Kier molecular flexibility index (Phi) is 9.97. The van der Waals surface area contributed by atoms with Crippen molar-refractivity contribution < 1.29 is 28.2 Å². The molecule has 0 radical (unpaired) electrons. The van der Waals surface area contributed by atoms with Gasteiger partial charge in [0.05, 0.1) is 34.2 Å². The summed E-state index contributed by atoms with van der Waals surface area (Å²) in [6.07, 6.45) is 13.3. The van der Waals surface area contributed by atoms with Crippen LogP contribution in [0.25, 0.3) is 44.0 Å². The maximum atomic E-state index is 17.0. The molecule has 2 N–H and O–H groups in total. The van der Waals surface area contributed by atoms with E-state index in [0.29, 0.717) is 65.6 Å². The molecular weight excluding hydrogens is 845 g/mol. The summed E-state index contributed by atoms with van der Waals surface area (Å²) in [5.74, 6) is 0.855. The Bertz CT molecular complexity index is 3100. The van der Waals surface area contributed by atoms with Crippen LogP contribution in [0.3, 0.4) is 0 Å². The summed E-state index contributed by atoms with van der Waals surface area (Å²) in [6.45, 7) is 7.70. The predicted octanol–water partition coefficient (Wildman–Crippen LogP) is 5.85. The molecule has 7 heterocycles. The fourth-order valence-electron chi connectivity index (χ4n) is 11.1. The monoisotopic (exact) mass is 895 g/mol. The third-order valence-corrected chi connectivity index (χ3v) is 15.0. The first-order valence-corrected chi connectivity index (χ1v) is 22.9. The zero-order valence-corrected chi connectivity index (χ0v) is 37.1. The van der Waals surface area contributed by atoms with Crippen LogP contribution in [0.5, 0.6) is 6.01 Å². The van der Waals surface area contributed by atoms with Crippen molar-refractivity contribution in [3.8, 4) is 29.6 Å². The van der Waals surface area contributed by atoms with E-state index in [4.69, 9.17) is 16.1 Å². The minimum absolute atomic E-state index is 0.0118. The summed E-state index contributed by atoms with van der Waals surface area (Å²) < 4.78 is 41.6. The zero-order chi connectivity index (χ0) is 45.7. The van der Waals surface area contributed by atoms with Gasteiger partial charge in [-0.1, -0.05) is 30.2 Å². The summed E-state index contributed by atoms with van der Waals surface area (Å²) in [5.41, 5.74) is 1.76. The molecule has 1 aliphatic carbocycles. The van der Waals surface area contributed by atoms with E-state index in [2.05, 4.69) is 31.0 Å². The Labute approximate surface area is 379 Å². The summed E-state index contributed by atoms with van der Waals surface area (Å²) in [7, 11) is 1.72. The van der Waals surface area contributed by atoms with Crippen LogP contribution in [0.2, 0.25) is 0 Å². The molecule has 4 saturated heterocycles. The number of nitrogens with zero attached hydrogens (tertiary/aromatic N) is 8. The molecule has 3 aromatic heterocycles. The quantitative estimate of drug-likeness (QED) is 0.133. The molecule has 1 saturated carbocycles. The summed E-state index contributed by atoms with van der Waals surface area (Å²) in [6, 6.07) is 13.5. The van der Waals surface area contributed by atoms with E-state index >= 15 is 4.39 Å². The number of ether oxygens (including phenoxy) is 1. The lowest BCUT2D eigenvalue weighted by atomic mass is 9.71. The number of fused-ring (bicyclic) bond motifs is 3. The van der Waals surface area contributed by atoms with E-state index in [1.165, 1.54) is 10.6 Å². The number of likely N-dealkylation sites (tertiary alicyclic amines) is 1. The molecule has 5 fully saturated rings. The van der Waals surface area contributed by atoms with Gasteiger partial charge in [0.2, 0.25) is 11.8 Å². The van der Waals surface area contributed by atoms with Gasteiger partial charge in [0.25, 0.3) is 0 Å². The van der Waals surface area contributed by atoms with Crippen molar-refractivity contribution in [1.29, 1.82) is 0 Å². The number of β-amino-alcohol motifs (C(OH)–C–C–N with tert-alkyl or cyclic N) is 1. The highest BCUT2D eigenvalue weighted by atomic mass is 19.1. The number of imidazole rings is 1. The van der Waals surface area contributed by atoms with Gasteiger partial charge in [-0.05, 0) is 94.6 Å².